The first-order valence-corrected chi connectivity index (χ1v) is 16.0. The topological polar surface area (TPSA) is 95.9 Å². The molecule has 1 aliphatic heterocycles. The lowest BCUT2D eigenvalue weighted by Gasteiger charge is -2.29. The summed E-state index contributed by atoms with van der Waals surface area (Å²) in [4.78, 5) is 41.2. The van der Waals surface area contributed by atoms with Gasteiger partial charge in [-0.05, 0) is 117 Å². The summed E-state index contributed by atoms with van der Waals surface area (Å²) in [6.45, 7) is 4.06. The number of benzene rings is 3. The summed E-state index contributed by atoms with van der Waals surface area (Å²) in [5.74, 6) is -0.0281. The molecule has 0 bridgehead atoms. The van der Waals surface area contributed by atoms with Gasteiger partial charge in [-0.1, -0.05) is 24.3 Å². The number of nitrogens with zero attached hydrogens (tertiary/aromatic N) is 4. The maximum atomic E-state index is 13.6. The summed E-state index contributed by atoms with van der Waals surface area (Å²) in [5.41, 5.74) is 8.88. The summed E-state index contributed by atoms with van der Waals surface area (Å²) in [6.07, 6.45) is 7.52. The zero-order valence-corrected chi connectivity index (χ0v) is 26.3. The summed E-state index contributed by atoms with van der Waals surface area (Å²) in [5, 5.41) is 6.01. The molecule has 4 aromatic heterocycles. The Bertz CT molecular complexity index is 2360. The number of fused-ring (bicyclic) bond motifs is 4. The van der Waals surface area contributed by atoms with Gasteiger partial charge in [-0.3, -0.25) is 19.1 Å². The van der Waals surface area contributed by atoms with E-state index >= 15 is 0 Å². The molecule has 8 nitrogen and oxygen atoms in total. The molecule has 0 saturated carbocycles. The normalized spacial score (nSPS) is 14.3. The zero-order valence-electron chi connectivity index (χ0n) is 26.3. The first-order chi connectivity index (χ1) is 22.9. The molecule has 1 amide bonds. The number of hydrogen-bond acceptors (Lipinski definition) is 5. The van der Waals surface area contributed by atoms with Crippen LogP contribution in [0.25, 0.3) is 60.8 Å². The minimum absolute atomic E-state index is 0.0281. The highest BCUT2D eigenvalue weighted by molar-refractivity contribution is 6.05. The SMILES string of the molecule is Cc1cc(-n2c(=O)ccc3cnc4ccc(-c5cnc6[nH]ccc6c5)cc4c32)ccc1-c1ccc(C(=O)NC2CCN(C)CC2)cc1. The van der Waals surface area contributed by atoms with Crippen LogP contribution >= 0.6 is 0 Å². The third kappa shape index (κ3) is 5.36. The Labute approximate surface area is 271 Å². The molecule has 232 valence electrons. The van der Waals surface area contributed by atoms with E-state index in [4.69, 9.17) is 4.98 Å². The molecule has 3 aromatic carbocycles. The number of nitrogens with one attached hydrogen (secondary N) is 2. The lowest BCUT2D eigenvalue weighted by atomic mass is 9.98. The van der Waals surface area contributed by atoms with E-state index in [1.807, 2.05) is 73.2 Å². The fraction of sp³-hybridized carbons (Fsp3) is 0.179. The van der Waals surface area contributed by atoms with Crippen LogP contribution in [-0.2, 0) is 0 Å². The van der Waals surface area contributed by atoms with Crippen LogP contribution in [0.4, 0.5) is 0 Å². The third-order valence-electron chi connectivity index (χ3n) is 9.43. The number of likely N-dealkylation sites (tertiary alicyclic amines) is 1. The van der Waals surface area contributed by atoms with Crippen molar-refractivity contribution in [2.75, 3.05) is 20.1 Å². The number of aromatic nitrogens is 4. The second kappa shape index (κ2) is 11.6. The number of amides is 1. The molecular formula is C39H34N6O2. The molecular weight excluding hydrogens is 584 g/mol. The molecule has 1 aliphatic rings. The van der Waals surface area contributed by atoms with Crippen LogP contribution in [0.15, 0.2) is 108 Å². The molecule has 8 rings (SSSR count). The largest absolute Gasteiger partial charge is 0.349 e. The average Bonchev–Trinajstić information content (AvgIpc) is 3.57. The number of aromatic amines is 1. The highest BCUT2D eigenvalue weighted by atomic mass is 16.1. The van der Waals surface area contributed by atoms with Crippen molar-refractivity contribution in [2.24, 2.45) is 0 Å². The van der Waals surface area contributed by atoms with Crippen molar-refractivity contribution in [2.45, 2.75) is 25.8 Å². The fourth-order valence-corrected chi connectivity index (χ4v) is 6.78. The Balaban J connectivity index is 1.14. The molecule has 0 spiro atoms. The average molecular weight is 619 g/mol. The smallest absolute Gasteiger partial charge is 0.255 e. The highest BCUT2D eigenvalue weighted by Crippen LogP contribution is 2.32. The van der Waals surface area contributed by atoms with E-state index < -0.39 is 0 Å². The van der Waals surface area contributed by atoms with Gasteiger partial charge in [-0.15, -0.1) is 0 Å². The molecule has 7 aromatic rings. The molecule has 47 heavy (non-hydrogen) atoms. The van der Waals surface area contributed by atoms with Crippen molar-refractivity contribution in [1.29, 1.82) is 0 Å². The van der Waals surface area contributed by atoms with E-state index in [2.05, 4.69) is 58.4 Å². The van der Waals surface area contributed by atoms with Gasteiger partial charge in [0.2, 0.25) is 0 Å². The van der Waals surface area contributed by atoms with Crippen molar-refractivity contribution in [1.82, 2.24) is 29.7 Å². The maximum Gasteiger partial charge on any atom is 0.255 e. The minimum atomic E-state index is -0.113. The summed E-state index contributed by atoms with van der Waals surface area (Å²) >= 11 is 0. The second-order valence-corrected chi connectivity index (χ2v) is 12.6. The van der Waals surface area contributed by atoms with E-state index in [-0.39, 0.29) is 17.5 Å². The van der Waals surface area contributed by atoms with Crippen LogP contribution in [0, 0.1) is 6.92 Å². The van der Waals surface area contributed by atoms with Crippen LogP contribution in [0.3, 0.4) is 0 Å². The van der Waals surface area contributed by atoms with Gasteiger partial charge in [-0.25, -0.2) is 4.98 Å². The van der Waals surface area contributed by atoms with Crippen molar-refractivity contribution >= 4 is 38.7 Å². The van der Waals surface area contributed by atoms with Crippen molar-refractivity contribution in [3.63, 3.8) is 0 Å². The van der Waals surface area contributed by atoms with Gasteiger partial charge >= 0.3 is 0 Å². The lowest BCUT2D eigenvalue weighted by Crippen LogP contribution is -2.43. The molecule has 1 fully saturated rings. The van der Waals surface area contributed by atoms with Gasteiger partial charge in [-0.2, -0.15) is 0 Å². The van der Waals surface area contributed by atoms with E-state index in [1.54, 1.807) is 10.6 Å². The van der Waals surface area contributed by atoms with Crippen molar-refractivity contribution < 1.29 is 4.79 Å². The van der Waals surface area contributed by atoms with E-state index in [0.717, 1.165) is 92.3 Å². The highest BCUT2D eigenvalue weighted by Gasteiger charge is 2.19. The number of carbonyl (C=O) groups is 1. The van der Waals surface area contributed by atoms with E-state index in [1.165, 1.54) is 0 Å². The van der Waals surface area contributed by atoms with E-state index in [9.17, 15) is 9.59 Å². The third-order valence-corrected chi connectivity index (χ3v) is 9.43. The number of carbonyl (C=O) groups excluding carboxylic acids is 1. The van der Waals surface area contributed by atoms with Crippen molar-refractivity contribution in [3.8, 4) is 27.9 Å². The number of piperidine rings is 1. The maximum absolute atomic E-state index is 13.6. The number of hydrogen-bond donors (Lipinski definition) is 2. The second-order valence-electron chi connectivity index (χ2n) is 12.6. The van der Waals surface area contributed by atoms with Crippen LogP contribution in [-0.4, -0.2) is 56.5 Å². The number of aryl methyl sites for hydroxylation is 1. The van der Waals surface area contributed by atoms with Crippen LogP contribution < -0.4 is 10.9 Å². The predicted molar refractivity (Wildman–Crippen MR) is 188 cm³/mol. The number of rotatable bonds is 5. The zero-order chi connectivity index (χ0) is 32.1. The quantitative estimate of drug-likeness (QED) is 0.205. The Kier molecular flexibility index (Phi) is 7.14. The van der Waals surface area contributed by atoms with Gasteiger partial charge in [0.15, 0.2) is 0 Å². The molecule has 5 heterocycles. The fourth-order valence-electron chi connectivity index (χ4n) is 6.78. The molecule has 8 heteroatoms. The molecule has 0 atom stereocenters. The summed E-state index contributed by atoms with van der Waals surface area (Å²) in [7, 11) is 2.12. The van der Waals surface area contributed by atoms with Gasteiger partial charge in [0, 0.05) is 63.7 Å². The summed E-state index contributed by atoms with van der Waals surface area (Å²) < 4.78 is 1.78. The van der Waals surface area contributed by atoms with Gasteiger partial charge < -0.3 is 15.2 Å². The Morgan fingerprint density at radius 2 is 1.64 bits per heavy atom. The van der Waals surface area contributed by atoms with Gasteiger partial charge in [0.05, 0.1) is 11.0 Å². The van der Waals surface area contributed by atoms with E-state index in [0.29, 0.717) is 5.56 Å². The molecule has 0 radical (unpaired) electrons. The number of pyridine rings is 3. The Morgan fingerprint density at radius 1 is 0.830 bits per heavy atom. The standard InChI is InChI=1S/C39H34N6O2/c1-24-19-32(9-10-33(24)25-3-5-26(6-4-25)39(47)43-31-14-17-44(2)18-15-31)45-36(46)12-8-29-22-41-35-11-7-27(21-34(35)37(29)45)30-20-28-13-16-40-38(28)42-23-30/h3-13,16,19-23,31H,14-15,17-18H2,1-2H3,(H,40,42)(H,43,47). The molecule has 2 N–H and O–H groups in total. The van der Waals surface area contributed by atoms with Gasteiger partial charge in [0.1, 0.15) is 5.65 Å². The monoisotopic (exact) mass is 618 g/mol. The molecule has 0 aliphatic carbocycles. The molecule has 0 unspecified atom stereocenters. The molecule has 1 saturated heterocycles. The predicted octanol–water partition coefficient (Wildman–Crippen LogP) is 6.88. The van der Waals surface area contributed by atoms with Crippen LogP contribution in [0.5, 0.6) is 0 Å². The lowest BCUT2D eigenvalue weighted by molar-refractivity contribution is 0.0917. The van der Waals surface area contributed by atoms with Crippen molar-refractivity contribution in [3.05, 3.63) is 125 Å². The van der Waals surface area contributed by atoms with Gasteiger partial charge in [0.25, 0.3) is 11.5 Å². The Morgan fingerprint density at radius 3 is 2.45 bits per heavy atom. The van der Waals surface area contributed by atoms with Crippen LogP contribution in [0.1, 0.15) is 28.8 Å². The number of H-pyrrole nitrogens is 1. The first kappa shape index (κ1) is 28.8. The first-order valence-electron chi connectivity index (χ1n) is 16.0. The van der Waals surface area contributed by atoms with Crippen LogP contribution in [0.2, 0.25) is 0 Å². The minimum Gasteiger partial charge on any atom is -0.349 e. The Hall–Kier alpha value is -5.60. The summed E-state index contributed by atoms with van der Waals surface area (Å²) in [6, 6.07) is 27.8.